The summed E-state index contributed by atoms with van der Waals surface area (Å²) in [5.74, 6) is 0. The highest BCUT2D eigenvalue weighted by atomic mass is 15.1. The number of anilines is 1. The van der Waals surface area contributed by atoms with Crippen LogP contribution in [0.4, 0.5) is 5.69 Å². The third-order valence-corrected chi connectivity index (χ3v) is 5.12. The Morgan fingerprint density at radius 1 is 1.19 bits per heavy atom. The summed E-state index contributed by atoms with van der Waals surface area (Å²) < 4.78 is 0. The quantitative estimate of drug-likeness (QED) is 0.918. The first-order valence-electron chi connectivity index (χ1n) is 8.55. The van der Waals surface area contributed by atoms with Gasteiger partial charge in [0.25, 0.3) is 0 Å². The number of rotatable bonds is 4. The van der Waals surface area contributed by atoms with Crippen molar-refractivity contribution in [3.05, 3.63) is 29.3 Å². The molecule has 0 unspecified atom stereocenters. The summed E-state index contributed by atoms with van der Waals surface area (Å²) in [6.45, 7) is 8.18. The van der Waals surface area contributed by atoms with Gasteiger partial charge < -0.3 is 15.1 Å². The number of nitrogens with zero attached hydrogens (tertiary/aromatic N) is 2. The molecular weight excluding hydrogens is 258 g/mol. The van der Waals surface area contributed by atoms with Crippen LogP contribution < -0.4 is 10.2 Å². The summed E-state index contributed by atoms with van der Waals surface area (Å²) in [5, 5.41) is 3.76. The van der Waals surface area contributed by atoms with E-state index >= 15 is 0 Å². The van der Waals surface area contributed by atoms with Crippen LogP contribution in [0.3, 0.4) is 0 Å². The topological polar surface area (TPSA) is 18.5 Å². The van der Waals surface area contributed by atoms with Crippen LogP contribution in [0.5, 0.6) is 0 Å². The Kier molecular flexibility index (Phi) is 4.81. The number of benzene rings is 1. The maximum atomic E-state index is 3.76. The van der Waals surface area contributed by atoms with Crippen molar-refractivity contribution in [1.82, 2.24) is 10.2 Å². The number of hydrogen-bond acceptors (Lipinski definition) is 3. The summed E-state index contributed by atoms with van der Waals surface area (Å²) in [6, 6.07) is 7.73. The summed E-state index contributed by atoms with van der Waals surface area (Å²) in [7, 11) is 2.21. The minimum Gasteiger partial charge on any atom is -0.374 e. The van der Waals surface area contributed by atoms with E-state index in [0.717, 1.165) is 6.54 Å². The summed E-state index contributed by atoms with van der Waals surface area (Å²) in [5.41, 5.74) is 4.41. The third kappa shape index (κ3) is 3.58. The molecule has 1 fully saturated rings. The van der Waals surface area contributed by atoms with Crippen molar-refractivity contribution in [3.63, 3.8) is 0 Å². The molecule has 0 aromatic heterocycles. The van der Waals surface area contributed by atoms with Crippen LogP contribution in [0.15, 0.2) is 18.2 Å². The Hall–Kier alpha value is -1.06. The SMILES string of the molecule is CCN1CCC(NCc2ccc3c(c2)CCCN3C)CC1. The molecule has 2 aliphatic rings. The van der Waals surface area contributed by atoms with E-state index in [1.807, 2.05) is 0 Å². The van der Waals surface area contributed by atoms with Gasteiger partial charge >= 0.3 is 0 Å². The predicted octanol–water partition coefficient (Wildman–Crippen LogP) is 2.64. The number of fused-ring (bicyclic) bond motifs is 1. The standard InChI is InChI=1S/C18H29N3/c1-3-21-11-8-17(9-12-21)19-14-15-6-7-18-16(13-15)5-4-10-20(18)2/h6-7,13,17,19H,3-5,8-12,14H2,1-2H3. The molecule has 3 nitrogen and oxygen atoms in total. The van der Waals surface area contributed by atoms with Gasteiger partial charge in [0.2, 0.25) is 0 Å². The van der Waals surface area contributed by atoms with Crippen molar-refractivity contribution in [1.29, 1.82) is 0 Å². The third-order valence-electron chi connectivity index (χ3n) is 5.12. The van der Waals surface area contributed by atoms with Gasteiger partial charge in [0.05, 0.1) is 0 Å². The highest BCUT2D eigenvalue weighted by Gasteiger charge is 2.18. The molecule has 0 spiro atoms. The van der Waals surface area contributed by atoms with Crippen molar-refractivity contribution >= 4 is 5.69 Å². The molecule has 1 N–H and O–H groups in total. The number of nitrogens with one attached hydrogen (secondary N) is 1. The van der Waals surface area contributed by atoms with E-state index in [2.05, 4.69) is 47.3 Å². The first kappa shape index (κ1) is 14.9. The number of aryl methyl sites for hydroxylation is 1. The normalized spacial score (nSPS) is 20.6. The van der Waals surface area contributed by atoms with Crippen LogP contribution in [0.1, 0.15) is 37.3 Å². The van der Waals surface area contributed by atoms with Crippen LogP contribution in [-0.2, 0) is 13.0 Å². The van der Waals surface area contributed by atoms with Gasteiger partial charge in [-0.25, -0.2) is 0 Å². The largest absolute Gasteiger partial charge is 0.374 e. The van der Waals surface area contributed by atoms with Gasteiger partial charge in [-0.2, -0.15) is 0 Å². The fraction of sp³-hybridized carbons (Fsp3) is 0.667. The van der Waals surface area contributed by atoms with Gasteiger partial charge in [-0.15, -0.1) is 0 Å². The van der Waals surface area contributed by atoms with Crippen LogP contribution in [0, 0.1) is 0 Å². The maximum absolute atomic E-state index is 3.76. The minimum absolute atomic E-state index is 0.700. The molecule has 1 aromatic carbocycles. The molecule has 3 rings (SSSR count). The molecule has 0 radical (unpaired) electrons. The highest BCUT2D eigenvalue weighted by molar-refractivity contribution is 5.56. The van der Waals surface area contributed by atoms with E-state index < -0.39 is 0 Å². The Morgan fingerprint density at radius 2 is 2.00 bits per heavy atom. The fourth-order valence-corrected chi connectivity index (χ4v) is 3.66. The Morgan fingerprint density at radius 3 is 2.76 bits per heavy atom. The molecule has 1 saturated heterocycles. The zero-order valence-corrected chi connectivity index (χ0v) is 13.6. The van der Waals surface area contributed by atoms with Gasteiger partial charge in [0.15, 0.2) is 0 Å². The van der Waals surface area contributed by atoms with Crippen LogP contribution in [0.25, 0.3) is 0 Å². The van der Waals surface area contributed by atoms with Gasteiger partial charge in [-0.05, 0) is 62.5 Å². The summed E-state index contributed by atoms with van der Waals surface area (Å²) in [6.07, 6.45) is 5.11. The molecule has 116 valence electrons. The Labute approximate surface area is 129 Å². The van der Waals surface area contributed by atoms with Gasteiger partial charge in [-0.3, -0.25) is 0 Å². The van der Waals surface area contributed by atoms with E-state index in [-0.39, 0.29) is 0 Å². The molecule has 3 heteroatoms. The number of likely N-dealkylation sites (tertiary alicyclic amines) is 1. The molecule has 21 heavy (non-hydrogen) atoms. The summed E-state index contributed by atoms with van der Waals surface area (Å²) in [4.78, 5) is 4.93. The van der Waals surface area contributed by atoms with Crippen LogP contribution in [0.2, 0.25) is 0 Å². The van der Waals surface area contributed by atoms with Crippen molar-refractivity contribution in [2.75, 3.05) is 38.1 Å². The van der Waals surface area contributed by atoms with Gasteiger partial charge in [0, 0.05) is 31.9 Å². The van der Waals surface area contributed by atoms with Gasteiger partial charge in [-0.1, -0.05) is 19.1 Å². The lowest BCUT2D eigenvalue weighted by Crippen LogP contribution is -2.42. The Bertz CT molecular complexity index is 464. The first-order chi connectivity index (χ1) is 10.3. The maximum Gasteiger partial charge on any atom is 0.0396 e. The molecule has 0 aliphatic carbocycles. The molecule has 0 bridgehead atoms. The van der Waals surface area contributed by atoms with Crippen molar-refractivity contribution < 1.29 is 0 Å². The lowest BCUT2D eigenvalue weighted by atomic mass is 9.99. The minimum atomic E-state index is 0.700. The molecule has 1 aromatic rings. The van der Waals surface area contributed by atoms with E-state index in [1.54, 1.807) is 0 Å². The summed E-state index contributed by atoms with van der Waals surface area (Å²) >= 11 is 0. The monoisotopic (exact) mass is 287 g/mol. The highest BCUT2D eigenvalue weighted by Crippen LogP contribution is 2.26. The zero-order chi connectivity index (χ0) is 14.7. The molecule has 2 aliphatic heterocycles. The average Bonchev–Trinajstić information content (AvgIpc) is 2.53. The number of piperidine rings is 1. The van der Waals surface area contributed by atoms with E-state index in [0.29, 0.717) is 6.04 Å². The smallest absolute Gasteiger partial charge is 0.0396 e. The lowest BCUT2D eigenvalue weighted by Gasteiger charge is -2.32. The molecule has 0 atom stereocenters. The van der Waals surface area contributed by atoms with Crippen LogP contribution >= 0.6 is 0 Å². The Balaban J connectivity index is 1.54. The molecule has 2 heterocycles. The van der Waals surface area contributed by atoms with Crippen LogP contribution in [-0.4, -0.2) is 44.2 Å². The van der Waals surface area contributed by atoms with Crippen molar-refractivity contribution in [2.24, 2.45) is 0 Å². The van der Waals surface area contributed by atoms with E-state index in [1.165, 1.54) is 68.7 Å². The fourth-order valence-electron chi connectivity index (χ4n) is 3.66. The van der Waals surface area contributed by atoms with E-state index in [4.69, 9.17) is 0 Å². The second-order valence-corrected chi connectivity index (χ2v) is 6.58. The second-order valence-electron chi connectivity index (χ2n) is 6.58. The van der Waals surface area contributed by atoms with E-state index in [9.17, 15) is 0 Å². The second kappa shape index (κ2) is 6.80. The van der Waals surface area contributed by atoms with Crippen molar-refractivity contribution in [3.8, 4) is 0 Å². The number of hydrogen-bond donors (Lipinski definition) is 1. The zero-order valence-electron chi connectivity index (χ0n) is 13.6. The first-order valence-corrected chi connectivity index (χ1v) is 8.55. The lowest BCUT2D eigenvalue weighted by molar-refractivity contribution is 0.206. The molecule has 0 saturated carbocycles. The predicted molar refractivity (Wildman–Crippen MR) is 90.0 cm³/mol. The molecule has 0 amide bonds. The molecular formula is C18H29N3. The van der Waals surface area contributed by atoms with Gasteiger partial charge in [0.1, 0.15) is 0 Å². The average molecular weight is 287 g/mol. The van der Waals surface area contributed by atoms with Crippen molar-refractivity contribution in [2.45, 2.75) is 45.2 Å².